The van der Waals surface area contributed by atoms with Crippen LogP contribution in [0.1, 0.15) is 13.8 Å². The highest BCUT2D eigenvalue weighted by molar-refractivity contribution is 6.35. The van der Waals surface area contributed by atoms with E-state index in [0.717, 1.165) is 12.2 Å². The highest BCUT2D eigenvalue weighted by Crippen LogP contribution is 2.24. The minimum atomic E-state index is 0.530. The molecule has 2 N–H and O–H groups in total. The Hall–Kier alpha value is -1.52. The summed E-state index contributed by atoms with van der Waals surface area (Å²) in [6.07, 6.45) is 1.70. The molecule has 6 heteroatoms. The predicted molar refractivity (Wildman–Crippen MR) is 85.1 cm³/mol. The van der Waals surface area contributed by atoms with Gasteiger partial charge in [-0.25, -0.2) is 4.98 Å². The number of anilines is 3. The molecule has 0 aliphatic rings. The number of halogens is 2. The van der Waals surface area contributed by atoms with Gasteiger partial charge in [0.05, 0.1) is 0 Å². The van der Waals surface area contributed by atoms with E-state index in [-0.39, 0.29) is 0 Å². The standard InChI is InChI=1S/C14H16Cl2N4/c1-9(2)8-18-14-17-4-3-13(20-14)19-12-6-10(15)5-11(16)7-12/h3-7,9H,8H2,1-2H3,(H2,17,18,19,20). The SMILES string of the molecule is CC(C)CNc1nccc(Nc2cc(Cl)cc(Cl)c2)n1. The third-order valence-corrected chi connectivity index (χ3v) is 2.90. The van der Waals surface area contributed by atoms with Crippen molar-refractivity contribution in [3.63, 3.8) is 0 Å². The first-order valence-electron chi connectivity index (χ1n) is 6.33. The molecule has 0 aliphatic heterocycles. The van der Waals surface area contributed by atoms with Gasteiger partial charge in [-0.3, -0.25) is 0 Å². The highest BCUT2D eigenvalue weighted by atomic mass is 35.5. The number of nitrogens with zero attached hydrogens (tertiary/aromatic N) is 2. The zero-order valence-corrected chi connectivity index (χ0v) is 12.8. The maximum atomic E-state index is 5.96. The molecule has 106 valence electrons. The van der Waals surface area contributed by atoms with Crippen LogP contribution >= 0.6 is 23.2 Å². The maximum Gasteiger partial charge on any atom is 0.224 e. The van der Waals surface area contributed by atoms with Crippen LogP contribution in [0.15, 0.2) is 30.5 Å². The molecule has 0 bridgehead atoms. The fraction of sp³-hybridized carbons (Fsp3) is 0.286. The van der Waals surface area contributed by atoms with E-state index in [1.54, 1.807) is 30.5 Å². The van der Waals surface area contributed by atoms with Crippen LogP contribution in [0.25, 0.3) is 0 Å². The van der Waals surface area contributed by atoms with Crippen LogP contribution < -0.4 is 10.6 Å². The fourth-order valence-electron chi connectivity index (χ4n) is 1.58. The molecule has 0 unspecified atom stereocenters. The zero-order valence-electron chi connectivity index (χ0n) is 11.3. The Kier molecular flexibility index (Phi) is 5.04. The van der Waals surface area contributed by atoms with E-state index >= 15 is 0 Å². The summed E-state index contributed by atoms with van der Waals surface area (Å²) in [7, 11) is 0. The van der Waals surface area contributed by atoms with Crippen LogP contribution in [0, 0.1) is 5.92 Å². The zero-order chi connectivity index (χ0) is 14.5. The molecule has 0 spiro atoms. The molecule has 0 atom stereocenters. The van der Waals surface area contributed by atoms with Crippen molar-refractivity contribution in [3.05, 3.63) is 40.5 Å². The minimum Gasteiger partial charge on any atom is -0.354 e. The number of benzene rings is 1. The Morgan fingerprint density at radius 1 is 1.15 bits per heavy atom. The second-order valence-corrected chi connectivity index (χ2v) is 5.70. The maximum absolute atomic E-state index is 5.96. The lowest BCUT2D eigenvalue weighted by Gasteiger charge is -2.10. The van der Waals surface area contributed by atoms with E-state index < -0.39 is 0 Å². The number of hydrogen-bond acceptors (Lipinski definition) is 4. The van der Waals surface area contributed by atoms with Crippen molar-refractivity contribution in [2.24, 2.45) is 5.92 Å². The van der Waals surface area contributed by atoms with Crippen molar-refractivity contribution in [2.75, 3.05) is 17.2 Å². The van der Waals surface area contributed by atoms with E-state index in [0.29, 0.717) is 27.7 Å². The summed E-state index contributed by atoms with van der Waals surface area (Å²) in [4.78, 5) is 8.55. The first kappa shape index (κ1) is 14.9. The Labute approximate surface area is 128 Å². The molecule has 1 aromatic carbocycles. The van der Waals surface area contributed by atoms with Crippen LogP contribution in [-0.4, -0.2) is 16.5 Å². The van der Waals surface area contributed by atoms with Crippen LogP contribution in [-0.2, 0) is 0 Å². The van der Waals surface area contributed by atoms with Gasteiger partial charge >= 0.3 is 0 Å². The lowest BCUT2D eigenvalue weighted by atomic mass is 10.2. The molecule has 0 amide bonds. The third kappa shape index (κ3) is 4.54. The third-order valence-electron chi connectivity index (χ3n) is 2.46. The molecule has 0 saturated carbocycles. The fourth-order valence-corrected chi connectivity index (χ4v) is 2.11. The summed E-state index contributed by atoms with van der Waals surface area (Å²) >= 11 is 11.9. The summed E-state index contributed by atoms with van der Waals surface area (Å²) in [5, 5.41) is 7.48. The second kappa shape index (κ2) is 6.77. The number of nitrogens with one attached hydrogen (secondary N) is 2. The molecule has 4 nitrogen and oxygen atoms in total. The predicted octanol–water partition coefficient (Wildman–Crippen LogP) is 4.59. The Morgan fingerprint density at radius 2 is 1.85 bits per heavy atom. The number of hydrogen-bond donors (Lipinski definition) is 2. The van der Waals surface area contributed by atoms with Gasteiger partial charge in [0.15, 0.2) is 0 Å². The first-order chi connectivity index (χ1) is 9.52. The van der Waals surface area contributed by atoms with Crippen LogP contribution in [0.5, 0.6) is 0 Å². The van der Waals surface area contributed by atoms with Gasteiger partial charge in [-0.2, -0.15) is 4.98 Å². The van der Waals surface area contributed by atoms with Crippen molar-refractivity contribution in [1.29, 1.82) is 0 Å². The topological polar surface area (TPSA) is 49.8 Å². The second-order valence-electron chi connectivity index (χ2n) is 4.82. The average Bonchev–Trinajstić information content (AvgIpc) is 2.35. The van der Waals surface area contributed by atoms with Gasteiger partial charge in [0.25, 0.3) is 0 Å². The molecule has 1 aromatic heterocycles. The van der Waals surface area contributed by atoms with Crippen molar-refractivity contribution in [2.45, 2.75) is 13.8 Å². The molecule has 2 aromatic rings. The highest BCUT2D eigenvalue weighted by Gasteiger charge is 2.02. The van der Waals surface area contributed by atoms with Crippen LogP contribution in [0.2, 0.25) is 10.0 Å². The summed E-state index contributed by atoms with van der Waals surface area (Å²) in [5.74, 6) is 1.81. The van der Waals surface area contributed by atoms with Gasteiger partial charge in [-0.1, -0.05) is 37.0 Å². The molecule has 0 aliphatic carbocycles. The number of aromatic nitrogens is 2. The first-order valence-corrected chi connectivity index (χ1v) is 7.08. The molecule has 0 fully saturated rings. The summed E-state index contributed by atoms with van der Waals surface area (Å²) in [6, 6.07) is 7.05. The normalized spacial score (nSPS) is 10.7. The smallest absolute Gasteiger partial charge is 0.224 e. The van der Waals surface area contributed by atoms with E-state index in [2.05, 4.69) is 34.4 Å². The van der Waals surface area contributed by atoms with Gasteiger partial charge < -0.3 is 10.6 Å². The van der Waals surface area contributed by atoms with Gasteiger partial charge in [-0.05, 0) is 30.2 Å². The summed E-state index contributed by atoms with van der Waals surface area (Å²) in [5.41, 5.74) is 0.788. The van der Waals surface area contributed by atoms with Crippen molar-refractivity contribution in [1.82, 2.24) is 9.97 Å². The van der Waals surface area contributed by atoms with E-state index in [9.17, 15) is 0 Å². The van der Waals surface area contributed by atoms with Gasteiger partial charge in [-0.15, -0.1) is 0 Å². The van der Waals surface area contributed by atoms with Gasteiger partial charge in [0.2, 0.25) is 5.95 Å². The molecule has 2 rings (SSSR count). The van der Waals surface area contributed by atoms with Gasteiger partial charge in [0.1, 0.15) is 5.82 Å². The molecular formula is C14H16Cl2N4. The van der Waals surface area contributed by atoms with Crippen molar-refractivity contribution >= 4 is 40.7 Å². The molecule has 0 saturated heterocycles. The quantitative estimate of drug-likeness (QED) is 0.847. The van der Waals surface area contributed by atoms with E-state index in [1.165, 1.54) is 0 Å². The Balaban J connectivity index is 2.11. The Bertz CT molecular complexity index is 567. The largest absolute Gasteiger partial charge is 0.354 e. The monoisotopic (exact) mass is 310 g/mol. The van der Waals surface area contributed by atoms with Crippen LogP contribution in [0.4, 0.5) is 17.5 Å². The molecule has 1 heterocycles. The molecule has 0 radical (unpaired) electrons. The number of rotatable bonds is 5. The van der Waals surface area contributed by atoms with E-state index in [1.807, 2.05) is 0 Å². The van der Waals surface area contributed by atoms with Crippen molar-refractivity contribution < 1.29 is 0 Å². The lowest BCUT2D eigenvalue weighted by Crippen LogP contribution is -2.11. The average molecular weight is 311 g/mol. The lowest BCUT2D eigenvalue weighted by molar-refractivity contribution is 0.684. The summed E-state index contributed by atoms with van der Waals surface area (Å²) < 4.78 is 0. The summed E-state index contributed by atoms with van der Waals surface area (Å²) in [6.45, 7) is 5.08. The minimum absolute atomic E-state index is 0.530. The Morgan fingerprint density at radius 3 is 2.50 bits per heavy atom. The van der Waals surface area contributed by atoms with E-state index in [4.69, 9.17) is 23.2 Å². The van der Waals surface area contributed by atoms with Crippen molar-refractivity contribution in [3.8, 4) is 0 Å². The molecule has 20 heavy (non-hydrogen) atoms. The van der Waals surface area contributed by atoms with Gasteiger partial charge in [0, 0.05) is 28.5 Å². The van der Waals surface area contributed by atoms with Crippen LogP contribution in [0.3, 0.4) is 0 Å². The molecular weight excluding hydrogens is 295 g/mol.